The standard InChI is InChI=1S/C23H21F3N6O3S/c1-12-28-19(35-31-12)16-9-23(25,26)11-32(16)10-15-17(21(33)34)22(2,13-3-5-14(24)6-4-13)30-18(29-15)20-27-7-8-36-20/h3-8,16H,9-11H2,1-2H3,(H,29,30)(H,33,34). The van der Waals surface area contributed by atoms with E-state index in [2.05, 4.69) is 25.4 Å². The molecule has 2 N–H and O–H groups in total. The van der Waals surface area contributed by atoms with Gasteiger partial charge in [0.25, 0.3) is 5.92 Å². The van der Waals surface area contributed by atoms with E-state index in [4.69, 9.17) is 4.52 Å². The first-order valence-corrected chi connectivity index (χ1v) is 11.9. The van der Waals surface area contributed by atoms with Crippen molar-refractivity contribution in [3.05, 3.63) is 75.2 Å². The number of likely N-dealkylation sites (tertiary alicyclic amines) is 1. The Labute approximate surface area is 207 Å². The summed E-state index contributed by atoms with van der Waals surface area (Å²) in [5.41, 5.74) is -1.02. The summed E-state index contributed by atoms with van der Waals surface area (Å²) in [7, 11) is 0. The molecule has 36 heavy (non-hydrogen) atoms. The number of halogens is 3. The zero-order valence-corrected chi connectivity index (χ0v) is 20.0. The van der Waals surface area contributed by atoms with Crippen molar-refractivity contribution in [2.75, 3.05) is 13.1 Å². The molecule has 188 valence electrons. The Hall–Kier alpha value is -3.58. The number of alkyl halides is 2. The summed E-state index contributed by atoms with van der Waals surface area (Å²) in [6.07, 6.45) is 1.03. The molecule has 4 heterocycles. The van der Waals surface area contributed by atoms with Gasteiger partial charge in [0.05, 0.1) is 18.2 Å². The highest BCUT2D eigenvalue weighted by Crippen LogP contribution is 2.43. The molecule has 0 aliphatic carbocycles. The van der Waals surface area contributed by atoms with Crippen molar-refractivity contribution in [3.63, 3.8) is 0 Å². The lowest BCUT2D eigenvalue weighted by Crippen LogP contribution is -2.44. The minimum atomic E-state index is -3.04. The molecule has 3 aromatic rings. The third-order valence-electron chi connectivity index (χ3n) is 6.21. The van der Waals surface area contributed by atoms with Gasteiger partial charge in [-0.25, -0.2) is 27.9 Å². The second-order valence-corrected chi connectivity index (χ2v) is 9.72. The molecule has 0 amide bonds. The van der Waals surface area contributed by atoms with E-state index in [1.54, 1.807) is 25.4 Å². The molecule has 0 radical (unpaired) electrons. The molecule has 0 spiro atoms. The Balaban J connectivity index is 1.61. The van der Waals surface area contributed by atoms with Crippen LogP contribution in [0, 0.1) is 12.7 Å². The Bertz CT molecular complexity index is 1360. The molecule has 2 atom stereocenters. The number of rotatable bonds is 6. The Morgan fingerprint density at radius 1 is 1.33 bits per heavy atom. The van der Waals surface area contributed by atoms with Crippen LogP contribution in [0.25, 0.3) is 0 Å². The first-order chi connectivity index (χ1) is 17.1. The SMILES string of the molecule is Cc1noc(C2CC(F)(F)CN2CC2=C(C(=O)O)C(C)(c3ccc(F)cc3)N=C(c3nccs3)N2)n1. The quantitative estimate of drug-likeness (QED) is 0.508. The lowest BCUT2D eigenvalue weighted by atomic mass is 9.82. The van der Waals surface area contributed by atoms with Gasteiger partial charge in [-0.15, -0.1) is 11.3 Å². The van der Waals surface area contributed by atoms with Crippen LogP contribution in [-0.4, -0.2) is 55.9 Å². The predicted octanol–water partition coefficient (Wildman–Crippen LogP) is 3.66. The monoisotopic (exact) mass is 518 g/mol. The number of aliphatic imine (C=N–C) groups is 1. The lowest BCUT2D eigenvalue weighted by Gasteiger charge is -2.35. The van der Waals surface area contributed by atoms with Crippen LogP contribution >= 0.6 is 11.3 Å². The number of carboxylic acid groups (broad SMARTS) is 1. The van der Waals surface area contributed by atoms with E-state index in [0.29, 0.717) is 16.4 Å². The highest BCUT2D eigenvalue weighted by atomic mass is 32.1. The smallest absolute Gasteiger partial charge is 0.336 e. The van der Waals surface area contributed by atoms with Crippen molar-refractivity contribution in [1.82, 2.24) is 25.3 Å². The van der Waals surface area contributed by atoms with Crippen molar-refractivity contribution in [3.8, 4) is 0 Å². The van der Waals surface area contributed by atoms with Gasteiger partial charge >= 0.3 is 5.97 Å². The average Bonchev–Trinajstić information content (AvgIpc) is 3.54. The van der Waals surface area contributed by atoms with Gasteiger partial charge in [-0.2, -0.15) is 4.98 Å². The molecule has 1 saturated heterocycles. The summed E-state index contributed by atoms with van der Waals surface area (Å²) in [6, 6.07) is 4.44. The van der Waals surface area contributed by atoms with E-state index in [-0.39, 0.29) is 29.5 Å². The van der Waals surface area contributed by atoms with Crippen LogP contribution in [0.5, 0.6) is 0 Å². The van der Waals surface area contributed by atoms with Crippen LogP contribution in [0.3, 0.4) is 0 Å². The van der Waals surface area contributed by atoms with E-state index in [0.717, 1.165) is 0 Å². The van der Waals surface area contributed by atoms with Gasteiger partial charge < -0.3 is 14.9 Å². The molecule has 2 aliphatic rings. The molecule has 13 heteroatoms. The van der Waals surface area contributed by atoms with Gasteiger partial charge in [-0.3, -0.25) is 4.90 Å². The fourth-order valence-corrected chi connectivity index (χ4v) is 5.21. The summed E-state index contributed by atoms with van der Waals surface area (Å²) in [6.45, 7) is 2.36. The minimum absolute atomic E-state index is 0.0352. The van der Waals surface area contributed by atoms with Gasteiger partial charge in [-0.1, -0.05) is 17.3 Å². The van der Waals surface area contributed by atoms with E-state index >= 15 is 0 Å². The predicted molar refractivity (Wildman–Crippen MR) is 123 cm³/mol. The van der Waals surface area contributed by atoms with Crippen LogP contribution < -0.4 is 5.32 Å². The summed E-state index contributed by atoms with van der Waals surface area (Å²) >= 11 is 1.28. The van der Waals surface area contributed by atoms with Crippen LogP contribution in [0.1, 0.15) is 41.7 Å². The molecule has 9 nitrogen and oxygen atoms in total. The largest absolute Gasteiger partial charge is 0.478 e. The maximum absolute atomic E-state index is 14.5. The Morgan fingerprint density at radius 3 is 2.69 bits per heavy atom. The van der Waals surface area contributed by atoms with Crippen molar-refractivity contribution >= 4 is 23.1 Å². The molecule has 1 aromatic carbocycles. The normalized spacial score (nSPS) is 24.0. The highest BCUT2D eigenvalue weighted by Gasteiger charge is 2.49. The van der Waals surface area contributed by atoms with Gasteiger partial charge in [0.1, 0.15) is 11.4 Å². The number of carbonyl (C=O) groups is 1. The molecule has 0 bridgehead atoms. The van der Waals surface area contributed by atoms with E-state index in [1.807, 2.05) is 0 Å². The van der Waals surface area contributed by atoms with Crippen molar-refractivity contribution in [1.29, 1.82) is 0 Å². The fraction of sp³-hybridized carbons (Fsp3) is 0.348. The molecule has 2 aliphatic heterocycles. The first-order valence-electron chi connectivity index (χ1n) is 11.0. The average molecular weight is 519 g/mol. The Morgan fingerprint density at radius 2 is 2.08 bits per heavy atom. The maximum atomic E-state index is 14.5. The molecular formula is C23H21F3N6O3S. The van der Waals surface area contributed by atoms with Crippen LogP contribution in [0.15, 0.2) is 56.6 Å². The van der Waals surface area contributed by atoms with Gasteiger partial charge in [-0.05, 0) is 31.5 Å². The number of nitrogens with zero attached hydrogens (tertiary/aromatic N) is 5. The number of aryl methyl sites for hydroxylation is 1. The second kappa shape index (κ2) is 8.82. The maximum Gasteiger partial charge on any atom is 0.336 e. The van der Waals surface area contributed by atoms with Crippen molar-refractivity contribution in [2.45, 2.75) is 37.8 Å². The summed E-state index contributed by atoms with van der Waals surface area (Å²) < 4.78 is 48.0. The molecule has 1 fully saturated rings. The molecule has 0 saturated carbocycles. The van der Waals surface area contributed by atoms with Crippen LogP contribution in [-0.2, 0) is 10.3 Å². The summed E-state index contributed by atoms with van der Waals surface area (Å²) in [5, 5.41) is 19.2. The fourth-order valence-electron chi connectivity index (χ4n) is 4.63. The number of benzene rings is 1. The molecular weight excluding hydrogens is 497 g/mol. The van der Waals surface area contributed by atoms with Crippen molar-refractivity contribution < 1.29 is 27.6 Å². The third kappa shape index (κ3) is 4.39. The minimum Gasteiger partial charge on any atom is -0.478 e. The topological polar surface area (TPSA) is 117 Å². The number of aliphatic carboxylic acids is 1. The van der Waals surface area contributed by atoms with Crippen LogP contribution in [0.2, 0.25) is 0 Å². The number of carboxylic acids is 1. The molecule has 5 rings (SSSR count). The van der Waals surface area contributed by atoms with Gasteiger partial charge in [0, 0.05) is 30.2 Å². The lowest BCUT2D eigenvalue weighted by molar-refractivity contribution is -0.133. The van der Waals surface area contributed by atoms with Gasteiger partial charge in [0.2, 0.25) is 5.89 Å². The summed E-state index contributed by atoms with van der Waals surface area (Å²) in [5.74, 6) is -4.19. The number of nitrogens with one attached hydrogen (secondary N) is 1. The number of hydrogen-bond acceptors (Lipinski definition) is 9. The van der Waals surface area contributed by atoms with E-state index < -0.39 is 42.3 Å². The molecule has 2 aromatic heterocycles. The number of hydrogen-bond donors (Lipinski definition) is 2. The molecule has 2 unspecified atom stereocenters. The van der Waals surface area contributed by atoms with E-state index in [9.17, 15) is 23.1 Å². The van der Waals surface area contributed by atoms with Crippen LogP contribution in [0.4, 0.5) is 13.2 Å². The van der Waals surface area contributed by atoms with Crippen molar-refractivity contribution in [2.24, 2.45) is 4.99 Å². The zero-order valence-electron chi connectivity index (χ0n) is 19.2. The number of thiazole rings is 1. The third-order valence-corrected chi connectivity index (χ3v) is 6.98. The van der Waals surface area contributed by atoms with Gasteiger partial charge in [0.15, 0.2) is 16.7 Å². The Kier molecular flexibility index (Phi) is 5.91. The number of amidine groups is 1. The zero-order chi connectivity index (χ0) is 25.7. The summed E-state index contributed by atoms with van der Waals surface area (Å²) in [4.78, 5) is 27.1. The second-order valence-electron chi connectivity index (χ2n) is 8.82. The number of aromatic nitrogens is 3. The van der Waals surface area contributed by atoms with E-state index in [1.165, 1.54) is 40.5 Å². The highest BCUT2D eigenvalue weighted by molar-refractivity contribution is 7.11. The first kappa shape index (κ1) is 24.1.